The second-order valence-corrected chi connectivity index (χ2v) is 9.25. The first-order valence-electron chi connectivity index (χ1n) is 8.64. The Labute approximate surface area is 175 Å². The highest BCUT2D eigenvalue weighted by Crippen LogP contribution is 2.32. The number of anilines is 1. The molecule has 0 bridgehead atoms. The maximum atomic E-state index is 12.1. The molecule has 0 unspecified atom stereocenters. The van der Waals surface area contributed by atoms with Crippen LogP contribution in [-0.4, -0.2) is 33.4 Å². The third kappa shape index (κ3) is 6.50. The number of pyridine rings is 1. The second-order valence-electron chi connectivity index (χ2n) is 5.90. The summed E-state index contributed by atoms with van der Waals surface area (Å²) in [5.41, 5.74) is 2.87. The lowest BCUT2D eigenvalue weighted by Crippen LogP contribution is -2.19. The van der Waals surface area contributed by atoms with Gasteiger partial charge in [0.25, 0.3) is 0 Å². The van der Waals surface area contributed by atoms with Gasteiger partial charge in [0.15, 0.2) is 4.34 Å². The largest absolute Gasteiger partial charge is 0.347 e. The van der Waals surface area contributed by atoms with E-state index in [2.05, 4.69) is 26.7 Å². The molecule has 0 atom stereocenters. The summed E-state index contributed by atoms with van der Waals surface area (Å²) in [4.78, 5) is 31.6. The number of aromatic nitrogens is 2. The van der Waals surface area contributed by atoms with Gasteiger partial charge < -0.3 is 10.6 Å². The molecule has 3 aromatic rings. The van der Waals surface area contributed by atoms with Crippen molar-refractivity contribution in [3.63, 3.8) is 0 Å². The minimum absolute atomic E-state index is 0.0367. The number of rotatable bonds is 9. The fourth-order valence-corrected chi connectivity index (χ4v) is 5.11. The molecule has 2 aromatic heterocycles. The van der Waals surface area contributed by atoms with E-state index < -0.39 is 0 Å². The van der Waals surface area contributed by atoms with Crippen LogP contribution >= 0.6 is 34.9 Å². The van der Waals surface area contributed by atoms with Gasteiger partial charge in [-0.3, -0.25) is 14.6 Å². The summed E-state index contributed by atoms with van der Waals surface area (Å²) < 4.78 is 2.04. The molecule has 0 aliphatic rings. The van der Waals surface area contributed by atoms with Crippen LogP contribution in [0.25, 0.3) is 10.2 Å². The van der Waals surface area contributed by atoms with E-state index in [0.717, 1.165) is 31.6 Å². The summed E-state index contributed by atoms with van der Waals surface area (Å²) >= 11 is 4.83. The first-order chi connectivity index (χ1) is 13.6. The van der Waals surface area contributed by atoms with Gasteiger partial charge in [0, 0.05) is 42.9 Å². The molecule has 2 amide bonds. The quantitative estimate of drug-likeness (QED) is 0.300. The third-order valence-electron chi connectivity index (χ3n) is 3.63. The van der Waals surface area contributed by atoms with E-state index in [1.807, 2.05) is 30.5 Å². The molecule has 0 radical (unpaired) electrons. The van der Waals surface area contributed by atoms with Crippen LogP contribution in [-0.2, 0) is 15.3 Å². The van der Waals surface area contributed by atoms with E-state index in [9.17, 15) is 9.59 Å². The van der Waals surface area contributed by atoms with Crippen molar-refractivity contribution >= 4 is 62.6 Å². The number of hydrogen-bond donors (Lipinski definition) is 2. The minimum atomic E-state index is -0.0622. The smallest absolute Gasteiger partial charge is 0.225 e. The second kappa shape index (κ2) is 10.4. The van der Waals surface area contributed by atoms with Crippen LogP contribution in [0.2, 0.25) is 0 Å². The molecule has 9 heteroatoms. The highest BCUT2D eigenvalue weighted by molar-refractivity contribution is 8.00. The number of thioether (sulfide) groups is 2. The first-order valence-corrected chi connectivity index (χ1v) is 11.6. The normalized spacial score (nSPS) is 10.8. The molecule has 0 saturated heterocycles. The number of amides is 2. The summed E-state index contributed by atoms with van der Waals surface area (Å²) in [6, 6.07) is 9.75. The maximum Gasteiger partial charge on any atom is 0.225 e. The molecule has 28 heavy (non-hydrogen) atoms. The van der Waals surface area contributed by atoms with Crippen molar-refractivity contribution < 1.29 is 9.59 Å². The zero-order valence-corrected chi connectivity index (χ0v) is 17.8. The third-order valence-corrected chi connectivity index (χ3v) is 6.71. The number of fused-ring (bicyclic) bond motifs is 1. The lowest BCUT2D eigenvalue weighted by molar-refractivity contribution is -0.118. The summed E-state index contributed by atoms with van der Waals surface area (Å²) in [6.45, 7) is 1.48. The number of carbonyl (C=O) groups is 2. The number of benzene rings is 1. The Balaban J connectivity index is 1.50. The number of nitrogens with one attached hydrogen (secondary N) is 2. The van der Waals surface area contributed by atoms with E-state index >= 15 is 0 Å². The molecule has 1 aromatic carbocycles. The Morgan fingerprint density at radius 2 is 2.14 bits per heavy atom. The number of nitrogens with zero attached hydrogens (tertiary/aromatic N) is 2. The van der Waals surface area contributed by atoms with E-state index in [1.54, 1.807) is 29.3 Å². The molecule has 0 spiro atoms. The Hall–Kier alpha value is -2.10. The van der Waals surface area contributed by atoms with Gasteiger partial charge >= 0.3 is 0 Å². The minimum Gasteiger partial charge on any atom is -0.347 e. The average molecular weight is 433 g/mol. The molecule has 0 aliphatic heterocycles. The van der Waals surface area contributed by atoms with Crippen LogP contribution in [0, 0.1) is 0 Å². The van der Waals surface area contributed by atoms with Crippen molar-refractivity contribution in [2.45, 2.75) is 23.4 Å². The summed E-state index contributed by atoms with van der Waals surface area (Å²) in [5.74, 6) is 1.91. The van der Waals surface area contributed by atoms with Crippen molar-refractivity contribution in [3.05, 3.63) is 48.3 Å². The molecule has 0 saturated carbocycles. The molecular formula is C19H20N4O2S3. The van der Waals surface area contributed by atoms with Crippen LogP contribution < -0.4 is 10.6 Å². The Morgan fingerprint density at radius 1 is 1.25 bits per heavy atom. The lowest BCUT2D eigenvalue weighted by atomic mass is 10.3. The molecule has 6 nitrogen and oxygen atoms in total. The van der Waals surface area contributed by atoms with Crippen LogP contribution in [0.1, 0.15) is 18.9 Å². The zero-order valence-electron chi connectivity index (χ0n) is 15.3. The molecule has 0 aliphatic carbocycles. The van der Waals surface area contributed by atoms with Gasteiger partial charge in [-0.2, -0.15) is 0 Å². The summed E-state index contributed by atoms with van der Waals surface area (Å²) in [7, 11) is 0. The van der Waals surface area contributed by atoms with Gasteiger partial charge in [0.2, 0.25) is 11.8 Å². The van der Waals surface area contributed by atoms with Gasteiger partial charge in [-0.1, -0.05) is 17.8 Å². The topological polar surface area (TPSA) is 84.0 Å². The average Bonchev–Trinajstić information content (AvgIpc) is 3.09. The van der Waals surface area contributed by atoms with E-state index in [4.69, 9.17) is 0 Å². The predicted molar refractivity (Wildman–Crippen MR) is 118 cm³/mol. The Kier molecular flexibility index (Phi) is 7.70. The molecule has 2 N–H and O–H groups in total. The highest BCUT2D eigenvalue weighted by Gasteiger charge is 2.08. The van der Waals surface area contributed by atoms with Gasteiger partial charge in [-0.05, 0) is 29.8 Å². The van der Waals surface area contributed by atoms with Crippen LogP contribution in [0.5, 0.6) is 0 Å². The fraction of sp³-hybridized carbons (Fsp3) is 0.263. The molecule has 3 rings (SSSR count). The molecular weight excluding hydrogens is 412 g/mol. The van der Waals surface area contributed by atoms with E-state index in [1.165, 1.54) is 18.7 Å². The van der Waals surface area contributed by atoms with Crippen molar-refractivity contribution in [1.29, 1.82) is 0 Å². The van der Waals surface area contributed by atoms with Crippen LogP contribution in [0.3, 0.4) is 0 Å². The molecule has 0 fully saturated rings. The van der Waals surface area contributed by atoms with Crippen molar-refractivity contribution in [1.82, 2.24) is 15.3 Å². The summed E-state index contributed by atoms with van der Waals surface area (Å²) in [5, 5.41) is 5.62. The molecule has 2 heterocycles. The van der Waals surface area contributed by atoms with E-state index in [-0.39, 0.29) is 11.8 Å². The van der Waals surface area contributed by atoms with Gasteiger partial charge in [-0.25, -0.2) is 4.98 Å². The van der Waals surface area contributed by atoms with Crippen LogP contribution in [0.4, 0.5) is 5.69 Å². The van der Waals surface area contributed by atoms with Gasteiger partial charge in [0.1, 0.15) is 0 Å². The van der Waals surface area contributed by atoms with Crippen molar-refractivity contribution in [2.75, 3.05) is 16.9 Å². The summed E-state index contributed by atoms with van der Waals surface area (Å²) in [6.07, 6.45) is 4.03. The van der Waals surface area contributed by atoms with E-state index in [0.29, 0.717) is 18.1 Å². The first kappa shape index (κ1) is 20.6. The van der Waals surface area contributed by atoms with Gasteiger partial charge in [0.05, 0.1) is 16.1 Å². The van der Waals surface area contributed by atoms with Gasteiger partial charge in [-0.15, -0.1) is 23.1 Å². The Morgan fingerprint density at radius 3 is 2.93 bits per heavy atom. The lowest BCUT2D eigenvalue weighted by Gasteiger charge is -2.05. The number of thiazole rings is 1. The monoisotopic (exact) mass is 432 g/mol. The Bertz CT molecular complexity index is 947. The SMILES string of the molecule is CC(=O)NCSCCC(=O)Nc1ccc2nc(SCc3cccnc3)sc2c1. The number of hydrogen-bond acceptors (Lipinski definition) is 7. The van der Waals surface area contributed by atoms with Crippen LogP contribution in [0.15, 0.2) is 47.1 Å². The maximum absolute atomic E-state index is 12.1. The standard InChI is InChI=1S/C19H20N4O2S3/c1-13(24)21-12-26-8-6-18(25)22-15-4-5-16-17(9-15)28-19(23-16)27-11-14-3-2-7-20-10-14/h2-5,7,9-10H,6,8,11-12H2,1H3,(H,21,24)(H,22,25). The highest BCUT2D eigenvalue weighted by atomic mass is 32.2. The van der Waals surface area contributed by atoms with Crippen molar-refractivity contribution in [3.8, 4) is 0 Å². The molecule has 146 valence electrons. The van der Waals surface area contributed by atoms with Crippen molar-refractivity contribution in [2.24, 2.45) is 0 Å². The predicted octanol–water partition coefficient (Wildman–Crippen LogP) is 4.14. The fourth-order valence-electron chi connectivity index (χ4n) is 2.28. The number of carbonyl (C=O) groups excluding carboxylic acids is 2. The zero-order chi connectivity index (χ0) is 19.8.